The zero-order valence-corrected chi connectivity index (χ0v) is 29.3. The summed E-state index contributed by atoms with van der Waals surface area (Å²) in [5.74, 6) is -2.03. The summed E-state index contributed by atoms with van der Waals surface area (Å²) < 4.78 is 18.4. The van der Waals surface area contributed by atoms with Gasteiger partial charge in [0.15, 0.2) is 5.79 Å². The van der Waals surface area contributed by atoms with E-state index in [1.54, 1.807) is 33.9 Å². The molecule has 2 aliphatic rings. The van der Waals surface area contributed by atoms with Crippen LogP contribution in [0.25, 0.3) is 0 Å². The number of amides is 2. The fraction of sp³-hybridized carbons (Fsp3) is 0.703. The van der Waals surface area contributed by atoms with Gasteiger partial charge < -0.3 is 34.6 Å². The largest absolute Gasteiger partial charge is 0.460 e. The summed E-state index contributed by atoms with van der Waals surface area (Å²) in [6.45, 7) is 9.27. The Kier molecular flexibility index (Phi) is 14.9. The van der Waals surface area contributed by atoms with Crippen LogP contribution in [0.4, 0.5) is 0 Å². The predicted molar refractivity (Wildman–Crippen MR) is 180 cm³/mol. The topological polar surface area (TPSA) is 135 Å². The number of unbranched alkanes of at least 4 members (excludes halogenated alkanes) is 4. The number of nitrogens with zero attached hydrogens (tertiary/aromatic N) is 1. The van der Waals surface area contributed by atoms with Crippen LogP contribution < -0.4 is 5.32 Å². The highest BCUT2D eigenvalue weighted by molar-refractivity contribution is 5.97. The molecule has 3 N–H and O–H groups in total. The van der Waals surface area contributed by atoms with Crippen molar-refractivity contribution in [3.05, 3.63) is 47.5 Å². The van der Waals surface area contributed by atoms with Crippen molar-refractivity contribution in [2.24, 2.45) is 0 Å². The Morgan fingerprint density at radius 1 is 1.04 bits per heavy atom. The van der Waals surface area contributed by atoms with E-state index in [1.165, 1.54) is 4.90 Å². The highest BCUT2D eigenvalue weighted by atomic mass is 16.8. The summed E-state index contributed by atoms with van der Waals surface area (Å²) in [4.78, 5) is 41.4. The Morgan fingerprint density at radius 3 is 2.26 bits per heavy atom. The zero-order chi connectivity index (χ0) is 34.6. The Hall–Kier alpha value is -2.79. The number of nitrogens with one attached hydrogen (secondary N) is 1. The molecule has 10 nitrogen and oxygen atoms in total. The highest BCUT2D eigenvalue weighted by Crippen LogP contribution is 2.42. The van der Waals surface area contributed by atoms with E-state index in [-0.39, 0.29) is 38.2 Å². The number of esters is 1. The Morgan fingerprint density at radius 2 is 1.68 bits per heavy atom. The Bertz CT molecular complexity index is 1170. The molecule has 1 fully saturated rings. The number of aliphatic hydroxyl groups excluding tert-OH is 2. The molecule has 1 aromatic carbocycles. The van der Waals surface area contributed by atoms with Crippen molar-refractivity contribution in [1.82, 2.24) is 10.2 Å². The minimum absolute atomic E-state index is 0.0225. The quantitative estimate of drug-likeness (QED) is 0.148. The molecule has 0 spiro atoms. The average Bonchev–Trinajstić information content (AvgIpc) is 3.40. The van der Waals surface area contributed by atoms with Gasteiger partial charge in [0, 0.05) is 44.7 Å². The van der Waals surface area contributed by atoms with Gasteiger partial charge in [0.2, 0.25) is 11.8 Å². The highest BCUT2D eigenvalue weighted by Gasteiger charge is 2.51. The Balaban J connectivity index is 1.78. The Labute approximate surface area is 281 Å². The standard InChI is InChI=1S/C37H58N2O8/c1-7-9-14-20-37(21-15-10-8-2)45-31-24-27(23-30(41)33(31)47-37)35(44)39(6)29(22-26-16-12-11-13-17-26)34(43)38-28(25-40)18-19-32(42)46-36(3,4)5/h11-13,16-17,24,28-31,33,40-41H,7-10,14-15,18-23,25H2,1-6H3,(H,38,43). The van der Waals surface area contributed by atoms with Crippen molar-refractivity contribution >= 4 is 17.8 Å². The molecular weight excluding hydrogens is 600 g/mol. The lowest BCUT2D eigenvalue weighted by Crippen LogP contribution is -2.53. The second kappa shape index (κ2) is 18.1. The van der Waals surface area contributed by atoms with Gasteiger partial charge in [0.1, 0.15) is 23.9 Å². The minimum Gasteiger partial charge on any atom is -0.460 e. The lowest BCUT2D eigenvalue weighted by Gasteiger charge is -2.32. The lowest BCUT2D eigenvalue weighted by molar-refractivity contribution is -0.190. The number of hydrogen-bond donors (Lipinski definition) is 3. The van der Waals surface area contributed by atoms with Crippen molar-refractivity contribution in [2.75, 3.05) is 13.7 Å². The van der Waals surface area contributed by atoms with Crippen LogP contribution in [0.5, 0.6) is 0 Å². The zero-order valence-electron chi connectivity index (χ0n) is 29.3. The molecule has 47 heavy (non-hydrogen) atoms. The maximum atomic E-state index is 14.0. The van der Waals surface area contributed by atoms with Crippen molar-refractivity contribution in [3.63, 3.8) is 0 Å². The number of ether oxygens (including phenoxy) is 3. The van der Waals surface area contributed by atoms with Gasteiger partial charge >= 0.3 is 5.97 Å². The van der Waals surface area contributed by atoms with E-state index in [9.17, 15) is 24.6 Å². The third-order valence-corrected chi connectivity index (χ3v) is 8.84. The van der Waals surface area contributed by atoms with E-state index in [1.807, 2.05) is 30.3 Å². The number of likely N-dealkylation sites (N-methyl/N-ethyl adjacent to an activating group) is 1. The number of carbonyl (C=O) groups excluding carboxylic acids is 3. The number of hydrogen-bond acceptors (Lipinski definition) is 8. The third-order valence-electron chi connectivity index (χ3n) is 8.84. The molecule has 264 valence electrons. The van der Waals surface area contributed by atoms with Crippen molar-refractivity contribution in [2.45, 2.75) is 153 Å². The normalized spacial score (nSPS) is 21.7. The number of carbonyl (C=O) groups is 3. The van der Waals surface area contributed by atoms with E-state index in [0.717, 1.165) is 56.9 Å². The molecule has 2 amide bonds. The lowest BCUT2D eigenvalue weighted by atomic mass is 9.91. The van der Waals surface area contributed by atoms with Gasteiger partial charge in [-0.3, -0.25) is 14.4 Å². The first-order chi connectivity index (χ1) is 22.3. The summed E-state index contributed by atoms with van der Waals surface area (Å²) in [5, 5.41) is 24.1. The fourth-order valence-electron chi connectivity index (χ4n) is 6.30. The number of benzene rings is 1. The maximum Gasteiger partial charge on any atom is 0.306 e. The molecule has 0 saturated carbocycles. The van der Waals surface area contributed by atoms with Gasteiger partial charge in [-0.15, -0.1) is 0 Å². The summed E-state index contributed by atoms with van der Waals surface area (Å²) in [6, 6.07) is 7.77. The number of fused-ring (bicyclic) bond motifs is 1. The van der Waals surface area contributed by atoms with Crippen LogP contribution in [0, 0.1) is 0 Å². The molecule has 5 atom stereocenters. The second-order valence-corrected chi connectivity index (χ2v) is 14.1. The molecule has 5 unspecified atom stereocenters. The van der Waals surface area contributed by atoms with Crippen molar-refractivity contribution in [3.8, 4) is 0 Å². The van der Waals surface area contributed by atoms with Gasteiger partial charge in [-0.2, -0.15) is 0 Å². The summed E-state index contributed by atoms with van der Waals surface area (Å²) in [5.41, 5.74) is 0.592. The molecule has 1 aliphatic heterocycles. The number of rotatable bonds is 18. The molecule has 0 aromatic heterocycles. The van der Waals surface area contributed by atoms with Crippen LogP contribution in [-0.4, -0.2) is 88.3 Å². The monoisotopic (exact) mass is 658 g/mol. The van der Waals surface area contributed by atoms with Crippen LogP contribution in [0.2, 0.25) is 0 Å². The van der Waals surface area contributed by atoms with Gasteiger partial charge in [0.05, 0.1) is 18.8 Å². The van der Waals surface area contributed by atoms with Crippen LogP contribution in [-0.2, 0) is 35.0 Å². The maximum absolute atomic E-state index is 14.0. The average molecular weight is 659 g/mol. The molecule has 0 radical (unpaired) electrons. The summed E-state index contributed by atoms with van der Waals surface area (Å²) in [7, 11) is 1.58. The van der Waals surface area contributed by atoms with E-state index < -0.39 is 53.7 Å². The van der Waals surface area contributed by atoms with E-state index >= 15 is 0 Å². The van der Waals surface area contributed by atoms with Crippen molar-refractivity contribution in [1.29, 1.82) is 0 Å². The van der Waals surface area contributed by atoms with E-state index in [0.29, 0.717) is 5.57 Å². The first kappa shape index (κ1) is 38.7. The summed E-state index contributed by atoms with van der Waals surface area (Å²) in [6.07, 6.45) is 7.91. The molecule has 10 heteroatoms. The fourth-order valence-corrected chi connectivity index (χ4v) is 6.30. The number of aliphatic hydroxyl groups is 2. The molecular formula is C37H58N2O8. The molecule has 1 heterocycles. The van der Waals surface area contributed by atoms with Crippen LogP contribution in [0.1, 0.15) is 111 Å². The molecule has 1 aromatic rings. The van der Waals surface area contributed by atoms with Gasteiger partial charge in [0.25, 0.3) is 0 Å². The minimum atomic E-state index is -0.926. The molecule has 1 aliphatic carbocycles. The van der Waals surface area contributed by atoms with Crippen molar-refractivity contribution < 1.29 is 38.8 Å². The third kappa shape index (κ3) is 11.7. The summed E-state index contributed by atoms with van der Waals surface area (Å²) >= 11 is 0. The van der Waals surface area contributed by atoms with Crippen LogP contribution in [0.15, 0.2) is 42.0 Å². The predicted octanol–water partition coefficient (Wildman–Crippen LogP) is 4.99. The molecule has 0 bridgehead atoms. The van der Waals surface area contributed by atoms with Gasteiger partial charge in [-0.1, -0.05) is 69.9 Å². The smallest absolute Gasteiger partial charge is 0.306 e. The van der Waals surface area contributed by atoms with Gasteiger partial charge in [-0.25, -0.2) is 0 Å². The van der Waals surface area contributed by atoms with Gasteiger partial charge in [-0.05, 0) is 51.7 Å². The first-order valence-electron chi connectivity index (χ1n) is 17.5. The SMILES string of the molecule is CCCCCC1(CCCCC)OC2C=C(C(=O)N(C)C(Cc3ccccc3)C(=O)NC(CO)CCC(=O)OC(C)(C)C)CC(O)C2O1. The van der Waals surface area contributed by atoms with Crippen LogP contribution >= 0.6 is 0 Å². The first-order valence-corrected chi connectivity index (χ1v) is 17.5. The van der Waals surface area contributed by atoms with Crippen LogP contribution in [0.3, 0.4) is 0 Å². The van der Waals surface area contributed by atoms with E-state index in [2.05, 4.69) is 19.2 Å². The van der Waals surface area contributed by atoms with E-state index in [4.69, 9.17) is 14.2 Å². The second-order valence-electron chi connectivity index (χ2n) is 14.1. The molecule has 3 rings (SSSR count). The molecule has 1 saturated heterocycles.